The molecule has 1 amide bonds. The summed E-state index contributed by atoms with van der Waals surface area (Å²) in [6.45, 7) is 3.87. The van der Waals surface area contributed by atoms with Crippen LogP contribution in [0.2, 0.25) is 0 Å². The van der Waals surface area contributed by atoms with E-state index in [0.29, 0.717) is 0 Å². The second-order valence-corrected chi connectivity index (χ2v) is 7.84. The van der Waals surface area contributed by atoms with E-state index < -0.39 is 5.97 Å². The first kappa shape index (κ1) is 21.8. The Labute approximate surface area is 176 Å². The van der Waals surface area contributed by atoms with Crippen LogP contribution in [0.25, 0.3) is 0 Å². The molecule has 1 saturated heterocycles. The SMILES string of the molecule is CCCC(NC(=O)Cc1ccc(C(=O)O)cc1)c1ccc(F)cc1N1CCCCC1. The van der Waals surface area contributed by atoms with Crippen LogP contribution in [0, 0.1) is 5.82 Å². The van der Waals surface area contributed by atoms with E-state index in [1.165, 1.54) is 24.6 Å². The number of anilines is 1. The molecule has 1 fully saturated rings. The Bertz CT molecular complexity index is 877. The molecule has 2 aromatic carbocycles. The van der Waals surface area contributed by atoms with Gasteiger partial charge in [-0.25, -0.2) is 9.18 Å². The van der Waals surface area contributed by atoms with Crippen LogP contribution in [0.15, 0.2) is 42.5 Å². The second kappa shape index (κ2) is 10.2. The number of aromatic carboxylic acids is 1. The predicted octanol–water partition coefficient (Wildman–Crippen LogP) is 4.71. The van der Waals surface area contributed by atoms with Crippen LogP contribution in [0.1, 0.15) is 66.6 Å². The van der Waals surface area contributed by atoms with E-state index in [-0.39, 0.29) is 29.8 Å². The number of carbonyl (C=O) groups excluding carboxylic acids is 1. The van der Waals surface area contributed by atoms with Gasteiger partial charge in [-0.3, -0.25) is 4.79 Å². The van der Waals surface area contributed by atoms with Crippen LogP contribution in [0.3, 0.4) is 0 Å². The van der Waals surface area contributed by atoms with Crippen molar-refractivity contribution in [1.29, 1.82) is 0 Å². The monoisotopic (exact) mass is 412 g/mol. The fourth-order valence-electron chi connectivity index (χ4n) is 4.01. The summed E-state index contributed by atoms with van der Waals surface area (Å²) in [4.78, 5) is 25.9. The summed E-state index contributed by atoms with van der Waals surface area (Å²) in [7, 11) is 0. The number of carbonyl (C=O) groups is 2. The molecule has 5 nitrogen and oxygen atoms in total. The van der Waals surface area contributed by atoms with Crippen molar-refractivity contribution in [2.24, 2.45) is 0 Å². The normalized spacial score (nSPS) is 14.9. The minimum Gasteiger partial charge on any atom is -0.478 e. The molecule has 1 heterocycles. The van der Waals surface area contributed by atoms with Gasteiger partial charge in [0.25, 0.3) is 0 Å². The quantitative estimate of drug-likeness (QED) is 0.659. The molecule has 0 aromatic heterocycles. The predicted molar refractivity (Wildman–Crippen MR) is 115 cm³/mol. The number of hydrogen-bond acceptors (Lipinski definition) is 3. The van der Waals surface area contributed by atoms with Gasteiger partial charge >= 0.3 is 5.97 Å². The lowest BCUT2D eigenvalue weighted by Gasteiger charge is -2.33. The fourth-order valence-corrected chi connectivity index (χ4v) is 4.01. The molecule has 1 aliphatic rings. The van der Waals surface area contributed by atoms with Gasteiger partial charge < -0.3 is 15.3 Å². The molecule has 1 atom stereocenters. The van der Waals surface area contributed by atoms with Crippen LogP contribution >= 0.6 is 0 Å². The molecule has 6 heteroatoms. The maximum Gasteiger partial charge on any atom is 0.335 e. The molecule has 0 spiro atoms. The van der Waals surface area contributed by atoms with Crippen molar-refractivity contribution in [2.75, 3.05) is 18.0 Å². The third-order valence-electron chi connectivity index (χ3n) is 5.54. The molecule has 0 bridgehead atoms. The number of halogens is 1. The first-order chi connectivity index (χ1) is 14.5. The van der Waals surface area contributed by atoms with E-state index in [0.717, 1.165) is 55.6 Å². The van der Waals surface area contributed by atoms with Crippen LogP contribution in [0.5, 0.6) is 0 Å². The van der Waals surface area contributed by atoms with Crippen LogP contribution in [-0.4, -0.2) is 30.1 Å². The molecule has 1 aliphatic heterocycles. The highest BCUT2D eigenvalue weighted by Crippen LogP contribution is 2.32. The number of amides is 1. The molecule has 2 aromatic rings. The molecular weight excluding hydrogens is 383 g/mol. The number of carboxylic acids is 1. The molecule has 0 saturated carbocycles. The number of nitrogens with one attached hydrogen (secondary N) is 1. The van der Waals surface area contributed by atoms with Gasteiger partial charge in [0.05, 0.1) is 18.0 Å². The van der Waals surface area contributed by atoms with Gasteiger partial charge in [0.15, 0.2) is 0 Å². The average Bonchev–Trinajstić information content (AvgIpc) is 2.74. The van der Waals surface area contributed by atoms with Crippen molar-refractivity contribution in [3.05, 3.63) is 65.0 Å². The highest BCUT2D eigenvalue weighted by atomic mass is 19.1. The largest absolute Gasteiger partial charge is 0.478 e. The van der Waals surface area contributed by atoms with Crippen LogP contribution < -0.4 is 10.2 Å². The van der Waals surface area contributed by atoms with Crippen LogP contribution in [-0.2, 0) is 11.2 Å². The molecule has 3 rings (SSSR count). The highest BCUT2D eigenvalue weighted by Gasteiger charge is 2.22. The van der Waals surface area contributed by atoms with Gasteiger partial charge in [-0.05, 0) is 61.1 Å². The standard InChI is InChI=1S/C24H29FN2O3/c1-2-6-21(26-23(28)15-17-7-9-18(10-8-17)24(29)30)20-12-11-19(25)16-22(20)27-13-4-3-5-14-27/h7-12,16,21H,2-6,13-15H2,1H3,(H,26,28)(H,29,30). The minimum atomic E-state index is -0.990. The van der Waals surface area contributed by atoms with Crippen molar-refractivity contribution in [3.8, 4) is 0 Å². The van der Waals surface area contributed by atoms with Crippen LogP contribution in [0.4, 0.5) is 10.1 Å². The molecular formula is C24H29FN2O3. The van der Waals surface area contributed by atoms with E-state index >= 15 is 0 Å². The summed E-state index contributed by atoms with van der Waals surface area (Å²) in [5, 5.41) is 12.1. The van der Waals surface area contributed by atoms with Crippen molar-refractivity contribution < 1.29 is 19.1 Å². The Balaban J connectivity index is 1.76. The topological polar surface area (TPSA) is 69.6 Å². The summed E-state index contributed by atoms with van der Waals surface area (Å²) < 4.78 is 14.0. The summed E-state index contributed by atoms with van der Waals surface area (Å²) in [5.74, 6) is -1.39. The first-order valence-electron chi connectivity index (χ1n) is 10.6. The number of rotatable bonds is 8. The Morgan fingerprint density at radius 3 is 2.43 bits per heavy atom. The number of carboxylic acid groups (broad SMARTS) is 1. The molecule has 0 radical (unpaired) electrons. The average molecular weight is 413 g/mol. The Kier molecular flexibility index (Phi) is 7.44. The van der Waals surface area contributed by atoms with E-state index in [2.05, 4.69) is 17.1 Å². The second-order valence-electron chi connectivity index (χ2n) is 7.84. The van der Waals surface area contributed by atoms with E-state index in [9.17, 15) is 14.0 Å². The van der Waals surface area contributed by atoms with E-state index in [1.54, 1.807) is 24.3 Å². The van der Waals surface area contributed by atoms with Gasteiger partial charge in [0.2, 0.25) is 5.91 Å². The molecule has 1 unspecified atom stereocenters. The van der Waals surface area contributed by atoms with Crippen molar-refractivity contribution in [1.82, 2.24) is 5.32 Å². The molecule has 30 heavy (non-hydrogen) atoms. The van der Waals surface area contributed by atoms with E-state index in [1.807, 2.05) is 0 Å². The number of nitrogens with zero attached hydrogens (tertiary/aromatic N) is 1. The lowest BCUT2D eigenvalue weighted by Crippen LogP contribution is -2.34. The zero-order chi connectivity index (χ0) is 21.5. The maximum absolute atomic E-state index is 14.0. The van der Waals surface area contributed by atoms with Gasteiger partial charge in [-0.15, -0.1) is 0 Å². The minimum absolute atomic E-state index is 0.134. The third kappa shape index (κ3) is 5.59. The zero-order valence-electron chi connectivity index (χ0n) is 17.4. The summed E-state index contributed by atoms with van der Waals surface area (Å²) >= 11 is 0. The summed E-state index contributed by atoms with van der Waals surface area (Å²) in [5.41, 5.74) is 2.78. The third-order valence-corrected chi connectivity index (χ3v) is 5.54. The first-order valence-corrected chi connectivity index (χ1v) is 10.6. The Morgan fingerprint density at radius 1 is 1.10 bits per heavy atom. The number of piperidine rings is 1. The molecule has 0 aliphatic carbocycles. The van der Waals surface area contributed by atoms with Gasteiger partial charge in [-0.1, -0.05) is 31.5 Å². The lowest BCUT2D eigenvalue weighted by molar-refractivity contribution is -0.121. The van der Waals surface area contributed by atoms with Gasteiger partial charge in [-0.2, -0.15) is 0 Å². The van der Waals surface area contributed by atoms with E-state index in [4.69, 9.17) is 5.11 Å². The Morgan fingerprint density at radius 2 is 1.80 bits per heavy atom. The Hall–Kier alpha value is -2.89. The van der Waals surface area contributed by atoms with Crippen molar-refractivity contribution in [3.63, 3.8) is 0 Å². The maximum atomic E-state index is 14.0. The highest BCUT2D eigenvalue weighted by molar-refractivity contribution is 5.87. The smallest absolute Gasteiger partial charge is 0.335 e. The summed E-state index contributed by atoms with van der Waals surface area (Å²) in [6.07, 6.45) is 5.18. The molecule has 2 N–H and O–H groups in total. The van der Waals surface area contributed by atoms with Crippen molar-refractivity contribution >= 4 is 17.6 Å². The van der Waals surface area contributed by atoms with Gasteiger partial charge in [0, 0.05) is 18.8 Å². The molecule has 160 valence electrons. The lowest BCUT2D eigenvalue weighted by atomic mass is 9.97. The number of benzene rings is 2. The van der Waals surface area contributed by atoms with Gasteiger partial charge in [0.1, 0.15) is 5.82 Å². The fraction of sp³-hybridized carbons (Fsp3) is 0.417. The van der Waals surface area contributed by atoms with Crippen molar-refractivity contribution in [2.45, 2.75) is 51.5 Å². The summed E-state index contributed by atoms with van der Waals surface area (Å²) in [6, 6.07) is 11.0. The zero-order valence-corrected chi connectivity index (χ0v) is 17.4. The number of hydrogen-bond donors (Lipinski definition) is 2.